The van der Waals surface area contributed by atoms with Crippen molar-refractivity contribution >= 4 is 45.9 Å². The average molecular weight is 356 g/mol. The van der Waals surface area contributed by atoms with Crippen molar-refractivity contribution in [3.05, 3.63) is 34.3 Å². The molecule has 0 radical (unpaired) electrons. The lowest BCUT2D eigenvalue weighted by molar-refractivity contribution is 1.05. The standard InChI is InChI=1S/C8H10BrN3.HI/c9-7-3-1-6(2-4-7)5-12-8(10)11;/h1-4H,5H2,(H4,10,11,12);1H. The van der Waals surface area contributed by atoms with Crippen LogP contribution in [0.3, 0.4) is 0 Å². The molecule has 1 aromatic rings. The minimum Gasteiger partial charge on any atom is -0.370 e. The van der Waals surface area contributed by atoms with Gasteiger partial charge in [-0.05, 0) is 17.7 Å². The van der Waals surface area contributed by atoms with Crippen LogP contribution in [0.25, 0.3) is 0 Å². The smallest absolute Gasteiger partial charge is 0.186 e. The number of hydrogen-bond acceptors (Lipinski definition) is 1. The molecule has 0 aliphatic carbocycles. The van der Waals surface area contributed by atoms with E-state index in [1.807, 2.05) is 24.3 Å². The molecule has 0 fully saturated rings. The van der Waals surface area contributed by atoms with Gasteiger partial charge in [-0.2, -0.15) is 0 Å². The number of nitrogens with zero attached hydrogens (tertiary/aromatic N) is 1. The number of rotatable bonds is 2. The number of guanidine groups is 1. The Kier molecular flexibility index (Phi) is 6.06. The molecule has 0 saturated carbocycles. The second-order valence-electron chi connectivity index (χ2n) is 2.37. The predicted molar refractivity (Wildman–Crippen MR) is 69.1 cm³/mol. The zero-order valence-corrected chi connectivity index (χ0v) is 10.8. The topological polar surface area (TPSA) is 64.4 Å². The Bertz CT molecular complexity index is 280. The third-order valence-electron chi connectivity index (χ3n) is 1.36. The Morgan fingerprint density at radius 2 is 1.77 bits per heavy atom. The van der Waals surface area contributed by atoms with Gasteiger partial charge in [0.05, 0.1) is 6.54 Å². The first-order valence-corrected chi connectivity index (χ1v) is 4.27. The lowest BCUT2D eigenvalue weighted by Gasteiger charge is -1.96. The third kappa shape index (κ3) is 5.09. The van der Waals surface area contributed by atoms with E-state index in [4.69, 9.17) is 11.5 Å². The Morgan fingerprint density at radius 1 is 1.23 bits per heavy atom. The summed E-state index contributed by atoms with van der Waals surface area (Å²) in [7, 11) is 0. The largest absolute Gasteiger partial charge is 0.370 e. The summed E-state index contributed by atoms with van der Waals surface area (Å²) in [5.41, 5.74) is 11.5. The summed E-state index contributed by atoms with van der Waals surface area (Å²) in [4.78, 5) is 3.88. The van der Waals surface area contributed by atoms with E-state index in [-0.39, 0.29) is 29.9 Å². The summed E-state index contributed by atoms with van der Waals surface area (Å²) in [5, 5.41) is 0. The molecule has 0 amide bonds. The summed E-state index contributed by atoms with van der Waals surface area (Å²) in [5.74, 6) is 0.123. The summed E-state index contributed by atoms with van der Waals surface area (Å²) in [6.07, 6.45) is 0. The predicted octanol–water partition coefficient (Wildman–Crippen LogP) is 1.84. The minimum atomic E-state index is 0. The van der Waals surface area contributed by atoms with Gasteiger partial charge < -0.3 is 11.5 Å². The van der Waals surface area contributed by atoms with Crippen LogP contribution in [0.15, 0.2) is 33.7 Å². The molecule has 0 bridgehead atoms. The molecule has 0 aliphatic heterocycles. The molecule has 0 aromatic heterocycles. The van der Waals surface area contributed by atoms with Gasteiger partial charge in [0.1, 0.15) is 0 Å². The Balaban J connectivity index is 0.00000144. The summed E-state index contributed by atoms with van der Waals surface area (Å²) in [6, 6.07) is 7.85. The second kappa shape index (κ2) is 6.20. The molecule has 4 N–H and O–H groups in total. The zero-order chi connectivity index (χ0) is 8.97. The summed E-state index contributed by atoms with van der Waals surface area (Å²) >= 11 is 3.34. The molecule has 13 heavy (non-hydrogen) atoms. The van der Waals surface area contributed by atoms with Gasteiger partial charge in [-0.1, -0.05) is 28.1 Å². The normalized spacial score (nSPS) is 8.69. The molecule has 0 atom stereocenters. The van der Waals surface area contributed by atoms with E-state index in [1.165, 1.54) is 0 Å². The van der Waals surface area contributed by atoms with Crippen molar-refractivity contribution < 1.29 is 0 Å². The van der Waals surface area contributed by atoms with Crippen LogP contribution in [-0.4, -0.2) is 5.96 Å². The van der Waals surface area contributed by atoms with E-state index in [2.05, 4.69) is 20.9 Å². The fraction of sp³-hybridized carbons (Fsp3) is 0.125. The van der Waals surface area contributed by atoms with Crippen LogP contribution in [-0.2, 0) is 6.54 Å². The molecular weight excluding hydrogens is 345 g/mol. The monoisotopic (exact) mass is 355 g/mol. The molecule has 0 heterocycles. The molecule has 0 spiro atoms. The zero-order valence-electron chi connectivity index (χ0n) is 6.90. The van der Waals surface area contributed by atoms with Gasteiger partial charge in [0, 0.05) is 4.47 Å². The molecular formula is C8H11BrIN3. The van der Waals surface area contributed by atoms with Crippen LogP contribution >= 0.6 is 39.9 Å². The van der Waals surface area contributed by atoms with Gasteiger partial charge in [0.25, 0.3) is 0 Å². The van der Waals surface area contributed by atoms with Crippen molar-refractivity contribution in [1.29, 1.82) is 0 Å². The maximum atomic E-state index is 5.19. The minimum absolute atomic E-state index is 0. The van der Waals surface area contributed by atoms with E-state index in [1.54, 1.807) is 0 Å². The fourth-order valence-electron chi connectivity index (χ4n) is 0.772. The van der Waals surface area contributed by atoms with Crippen LogP contribution in [0.1, 0.15) is 5.56 Å². The van der Waals surface area contributed by atoms with Crippen LogP contribution in [0.5, 0.6) is 0 Å². The summed E-state index contributed by atoms with van der Waals surface area (Å²) in [6.45, 7) is 0.537. The number of halogens is 2. The van der Waals surface area contributed by atoms with Gasteiger partial charge in [-0.3, -0.25) is 0 Å². The molecule has 3 nitrogen and oxygen atoms in total. The first-order valence-electron chi connectivity index (χ1n) is 3.48. The first kappa shape index (κ1) is 12.7. The van der Waals surface area contributed by atoms with Crippen LogP contribution < -0.4 is 11.5 Å². The van der Waals surface area contributed by atoms with Gasteiger partial charge >= 0.3 is 0 Å². The highest BCUT2D eigenvalue weighted by molar-refractivity contribution is 14.0. The summed E-state index contributed by atoms with van der Waals surface area (Å²) < 4.78 is 1.05. The van der Waals surface area contributed by atoms with E-state index < -0.39 is 0 Å². The molecule has 0 unspecified atom stereocenters. The number of nitrogens with two attached hydrogens (primary N) is 2. The van der Waals surface area contributed by atoms with Crippen molar-refractivity contribution in [2.24, 2.45) is 16.5 Å². The Labute approximate surface area is 103 Å². The van der Waals surface area contributed by atoms with Gasteiger partial charge in [-0.25, -0.2) is 4.99 Å². The maximum absolute atomic E-state index is 5.19. The Morgan fingerprint density at radius 3 is 2.23 bits per heavy atom. The van der Waals surface area contributed by atoms with E-state index in [9.17, 15) is 0 Å². The van der Waals surface area contributed by atoms with Crippen molar-refractivity contribution in [2.45, 2.75) is 6.54 Å². The molecule has 0 saturated heterocycles. The van der Waals surface area contributed by atoms with Gasteiger partial charge in [0.15, 0.2) is 5.96 Å². The number of benzene rings is 1. The average Bonchev–Trinajstić information content (AvgIpc) is 2.03. The van der Waals surface area contributed by atoms with Crippen molar-refractivity contribution in [1.82, 2.24) is 0 Å². The van der Waals surface area contributed by atoms with Crippen molar-refractivity contribution in [3.63, 3.8) is 0 Å². The fourth-order valence-corrected chi connectivity index (χ4v) is 1.04. The third-order valence-corrected chi connectivity index (χ3v) is 1.89. The highest BCUT2D eigenvalue weighted by atomic mass is 127. The van der Waals surface area contributed by atoms with Gasteiger partial charge in [-0.15, -0.1) is 24.0 Å². The number of aliphatic imine (C=N–C) groups is 1. The molecule has 1 aromatic carbocycles. The Hall–Kier alpha value is -0.300. The maximum Gasteiger partial charge on any atom is 0.186 e. The highest BCUT2D eigenvalue weighted by Gasteiger charge is 1.90. The van der Waals surface area contributed by atoms with E-state index >= 15 is 0 Å². The van der Waals surface area contributed by atoms with Crippen molar-refractivity contribution in [3.8, 4) is 0 Å². The van der Waals surface area contributed by atoms with E-state index in [0.29, 0.717) is 6.54 Å². The highest BCUT2D eigenvalue weighted by Crippen LogP contribution is 2.10. The van der Waals surface area contributed by atoms with Gasteiger partial charge in [0.2, 0.25) is 0 Å². The lowest BCUT2D eigenvalue weighted by atomic mass is 10.2. The number of hydrogen-bond donors (Lipinski definition) is 2. The first-order chi connectivity index (χ1) is 5.68. The van der Waals surface area contributed by atoms with E-state index in [0.717, 1.165) is 10.0 Å². The quantitative estimate of drug-likeness (QED) is 0.483. The van der Waals surface area contributed by atoms with Crippen molar-refractivity contribution in [2.75, 3.05) is 0 Å². The molecule has 72 valence electrons. The van der Waals surface area contributed by atoms with Crippen LogP contribution in [0.2, 0.25) is 0 Å². The van der Waals surface area contributed by atoms with Crippen LogP contribution in [0.4, 0.5) is 0 Å². The second-order valence-corrected chi connectivity index (χ2v) is 3.28. The van der Waals surface area contributed by atoms with Crippen LogP contribution in [0, 0.1) is 0 Å². The lowest BCUT2D eigenvalue weighted by Crippen LogP contribution is -2.22. The molecule has 0 aliphatic rings. The SMILES string of the molecule is I.NC(N)=NCc1ccc(Br)cc1. The molecule has 5 heteroatoms. The molecule has 1 rings (SSSR count).